The number of nitro groups is 1. The van der Waals surface area contributed by atoms with Crippen LogP contribution in [0, 0.1) is 10.1 Å². The van der Waals surface area contributed by atoms with Crippen LogP contribution in [0.3, 0.4) is 0 Å². The molecule has 0 aromatic heterocycles. The van der Waals surface area contributed by atoms with Crippen LogP contribution in [0.15, 0.2) is 47.5 Å². The molecule has 0 saturated carbocycles. The van der Waals surface area contributed by atoms with Crippen LogP contribution in [0.5, 0.6) is 11.5 Å². The van der Waals surface area contributed by atoms with E-state index in [1.54, 1.807) is 0 Å². The van der Waals surface area contributed by atoms with Crippen molar-refractivity contribution in [2.24, 2.45) is 0 Å². The van der Waals surface area contributed by atoms with Gasteiger partial charge in [-0.25, -0.2) is 8.42 Å². The highest BCUT2D eigenvalue weighted by molar-refractivity contribution is 7.94. The summed E-state index contributed by atoms with van der Waals surface area (Å²) in [6, 6.07) is 9.27. The van der Waals surface area contributed by atoms with Crippen molar-refractivity contribution in [1.29, 1.82) is 0 Å². The van der Waals surface area contributed by atoms with Crippen molar-refractivity contribution in [3.05, 3.63) is 73.8 Å². The summed E-state index contributed by atoms with van der Waals surface area (Å²) in [5.74, 6) is -1.50. The fourth-order valence-electron chi connectivity index (χ4n) is 1.90. The summed E-state index contributed by atoms with van der Waals surface area (Å²) in [4.78, 5) is 10.2. The first-order valence-corrected chi connectivity index (χ1v) is 8.57. The van der Waals surface area contributed by atoms with Crippen LogP contribution in [-0.4, -0.2) is 23.6 Å². The Morgan fingerprint density at radius 1 is 1.12 bits per heavy atom. The van der Waals surface area contributed by atoms with Crippen LogP contribution in [0.1, 0.15) is 11.1 Å². The van der Waals surface area contributed by atoms with E-state index in [4.69, 9.17) is 11.6 Å². The average molecular weight is 370 g/mol. The third kappa shape index (κ3) is 4.24. The number of halogens is 1. The molecule has 24 heavy (non-hydrogen) atoms. The van der Waals surface area contributed by atoms with Crippen LogP contribution in [0.4, 0.5) is 0 Å². The number of rotatable bonds is 5. The zero-order valence-electron chi connectivity index (χ0n) is 12.1. The molecule has 0 aliphatic carbocycles. The highest BCUT2D eigenvalue weighted by Crippen LogP contribution is 2.27. The van der Waals surface area contributed by atoms with E-state index in [-0.39, 0.29) is 5.56 Å². The largest absolute Gasteiger partial charge is 0.504 e. The molecular formula is C15H12ClNO6S. The molecule has 0 unspecified atom stereocenters. The first kappa shape index (κ1) is 17.8. The van der Waals surface area contributed by atoms with Crippen LogP contribution >= 0.6 is 11.6 Å². The van der Waals surface area contributed by atoms with Crippen molar-refractivity contribution >= 4 is 27.5 Å². The molecule has 0 fully saturated rings. The Morgan fingerprint density at radius 3 is 2.29 bits per heavy atom. The van der Waals surface area contributed by atoms with Crippen molar-refractivity contribution < 1.29 is 23.6 Å². The fourth-order valence-corrected chi connectivity index (χ4v) is 3.35. The number of nitrogens with zero attached hydrogens (tertiary/aromatic N) is 1. The van der Waals surface area contributed by atoms with Crippen LogP contribution in [-0.2, 0) is 15.6 Å². The van der Waals surface area contributed by atoms with Crippen molar-refractivity contribution in [2.75, 3.05) is 0 Å². The fraction of sp³-hybridized carbons (Fsp3) is 0.0667. The number of phenolic OH excluding ortho intramolecular Hbond substituents is 2. The predicted molar refractivity (Wildman–Crippen MR) is 88.8 cm³/mol. The second-order valence-corrected chi connectivity index (χ2v) is 7.25. The minimum Gasteiger partial charge on any atom is -0.504 e. The molecule has 0 amide bonds. The lowest BCUT2D eigenvalue weighted by Gasteiger charge is -2.04. The topological polar surface area (TPSA) is 118 Å². The molecule has 126 valence electrons. The SMILES string of the molecule is O=[N+]([O-])/C(=C/c1ccc(O)c(O)c1)S(=O)(=O)Cc1ccc(Cl)cc1. The van der Waals surface area contributed by atoms with Gasteiger partial charge in [-0.05, 0) is 35.4 Å². The smallest absolute Gasteiger partial charge is 0.360 e. The summed E-state index contributed by atoms with van der Waals surface area (Å²) in [7, 11) is -4.23. The van der Waals surface area contributed by atoms with Crippen molar-refractivity contribution in [1.82, 2.24) is 0 Å². The number of aromatic hydroxyl groups is 2. The molecular weight excluding hydrogens is 358 g/mol. The Bertz CT molecular complexity index is 906. The lowest BCUT2D eigenvalue weighted by molar-refractivity contribution is -0.410. The molecule has 0 aliphatic heterocycles. The summed E-state index contributed by atoms with van der Waals surface area (Å²) in [5, 5.41) is 29.2. The standard InChI is InChI=1S/C15H12ClNO6S/c16-12-4-1-10(2-5-12)9-24(22,23)15(17(20)21)8-11-3-6-13(18)14(19)7-11/h1-8,18-19H,9H2/b15-8-. The highest BCUT2D eigenvalue weighted by Gasteiger charge is 2.29. The van der Waals surface area contributed by atoms with Crippen LogP contribution < -0.4 is 0 Å². The summed E-state index contributed by atoms with van der Waals surface area (Å²) >= 11 is 5.72. The summed E-state index contributed by atoms with van der Waals surface area (Å²) in [5.41, 5.74) is 0.414. The van der Waals surface area contributed by atoms with Gasteiger partial charge in [-0.15, -0.1) is 0 Å². The Hall–Kier alpha value is -2.58. The Labute approximate surface area is 142 Å². The molecule has 0 bridgehead atoms. The van der Waals surface area contributed by atoms with Gasteiger partial charge in [0.15, 0.2) is 11.5 Å². The van der Waals surface area contributed by atoms with E-state index in [1.165, 1.54) is 30.3 Å². The first-order chi connectivity index (χ1) is 11.2. The quantitative estimate of drug-likeness (QED) is 0.475. The molecule has 0 saturated heterocycles. The summed E-state index contributed by atoms with van der Waals surface area (Å²) in [6.45, 7) is 0. The van der Waals surface area contributed by atoms with Gasteiger partial charge in [0.05, 0.1) is 10.7 Å². The molecule has 7 nitrogen and oxygen atoms in total. The van der Waals surface area contributed by atoms with Crippen molar-refractivity contribution in [3.63, 3.8) is 0 Å². The summed E-state index contributed by atoms with van der Waals surface area (Å²) in [6.07, 6.45) is 0.824. The maximum absolute atomic E-state index is 12.3. The predicted octanol–water partition coefficient (Wildman–Crippen LogP) is 2.94. The minimum absolute atomic E-state index is 0.0664. The van der Waals surface area contributed by atoms with Crippen molar-refractivity contribution in [2.45, 2.75) is 5.75 Å². The van der Waals surface area contributed by atoms with Gasteiger partial charge in [-0.1, -0.05) is 29.8 Å². The molecule has 0 radical (unpaired) electrons. The Balaban J connectivity index is 2.41. The lowest BCUT2D eigenvalue weighted by Crippen LogP contribution is -2.14. The van der Waals surface area contributed by atoms with Gasteiger partial charge in [0, 0.05) is 11.1 Å². The lowest BCUT2D eigenvalue weighted by atomic mass is 10.2. The van der Waals surface area contributed by atoms with E-state index < -0.39 is 37.0 Å². The second kappa shape index (κ2) is 6.90. The number of benzene rings is 2. The molecule has 2 N–H and O–H groups in total. The molecule has 2 aromatic rings. The van der Waals surface area contributed by atoms with Gasteiger partial charge in [-0.3, -0.25) is 10.1 Å². The van der Waals surface area contributed by atoms with Gasteiger partial charge in [0.2, 0.25) is 9.84 Å². The zero-order chi connectivity index (χ0) is 17.9. The second-order valence-electron chi connectivity index (χ2n) is 4.87. The number of phenols is 2. The number of hydrogen-bond acceptors (Lipinski definition) is 6. The van der Waals surface area contributed by atoms with E-state index in [2.05, 4.69) is 0 Å². The molecule has 9 heteroatoms. The van der Waals surface area contributed by atoms with E-state index >= 15 is 0 Å². The third-order valence-corrected chi connectivity index (χ3v) is 4.93. The normalized spacial score (nSPS) is 12.1. The zero-order valence-corrected chi connectivity index (χ0v) is 13.7. The van der Waals surface area contributed by atoms with E-state index in [9.17, 15) is 28.7 Å². The molecule has 0 atom stereocenters. The van der Waals surface area contributed by atoms with Crippen molar-refractivity contribution in [3.8, 4) is 11.5 Å². The minimum atomic E-state index is -4.23. The van der Waals surface area contributed by atoms with Gasteiger partial charge < -0.3 is 10.2 Å². The number of hydrogen-bond donors (Lipinski definition) is 2. The van der Waals surface area contributed by atoms with Crippen LogP contribution in [0.2, 0.25) is 5.02 Å². The Kier molecular flexibility index (Phi) is 5.10. The molecule has 2 aromatic carbocycles. The maximum Gasteiger partial charge on any atom is 0.360 e. The van der Waals surface area contributed by atoms with E-state index in [0.717, 1.165) is 18.2 Å². The number of sulfone groups is 1. The van der Waals surface area contributed by atoms with Gasteiger partial charge >= 0.3 is 5.03 Å². The van der Waals surface area contributed by atoms with E-state index in [1.807, 2.05) is 0 Å². The maximum atomic E-state index is 12.3. The average Bonchev–Trinajstić information content (AvgIpc) is 2.50. The van der Waals surface area contributed by atoms with Gasteiger partial charge in [0.1, 0.15) is 0 Å². The molecule has 0 aliphatic rings. The Morgan fingerprint density at radius 2 is 1.75 bits per heavy atom. The van der Waals surface area contributed by atoms with Crippen LogP contribution in [0.25, 0.3) is 6.08 Å². The van der Waals surface area contributed by atoms with Gasteiger partial charge in [-0.2, -0.15) is 0 Å². The molecule has 0 heterocycles. The molecule has 2 rings (SSSR count). The highest BCUT2D eigenvalue weighted by atomic mass is 35.5. The summed E-state index contributed by atoms with van der Waals surface area (Å²) < 4.78 is 24.7. The monoisotopic (exact) mass is 369 g/mol. The first-order valence-electron chi connectivity index (χ1n) is 6.54. The molecule has 0 spiro atoms. The third-order valence-electron chi connectivity index (χ3n) is 3.06. The van der Waals surface area contributed by atoms with E-state index in [0.29, 0.717) is 10.6 Å². The van der Waals surface area contributed by atoms with Gasteiger partial charge in [0.25, 0.3) is 0 Å².